The van der Waals surface area contributed by atoms with Crippen LogP contribution in [0.2, 0.25) is 10.0 Å². The predicted octanol–water partition coefficient (Wildman–Crippen LogP) is 4.99. The van der Waals surface area contributed by atoms with Crippen molar-refractivity contribution in [3.05, 3.63) is 63.6 Å². The number of anilines is 1. The lowest BCUT2D eigenvalue weighted by molar-refractivity contribution is 0.0955. The number of benzene rings is 2. The fourth-order valence-corrected chi connectivity index (χ4v) is 2.70. The minimum absolute atomic E-state index is 0.259. The maximum absolute atomic E-state index is 12.2. The lowest BCUT2D eigenvalue weighted by atomic mass is 10.1. The van der Waals surface area contributed by atoms with E-state index in [0.717, 1.165) is 24.3 Å². The van der Waals surface area contributed by atoms with Crippen LogP contribution in [0.4, 0.5) is 5.69 Å². The molecule has 1 amide bonds. The number of amides is 1. The molecule has 6 heteroatoms. The maximum Gasteiger partial charge on any atom is 0.271 e. The van der Waals surface area contributed by atoms with Gasteiger partial charge in [-0.3, -0.25) is 4.79 Å². The number of rotatable bonds is 6. The lowest BCUT2D eigenvalue weighted by Crippen LogP contribution is -2.22. The van der Waals surface area contributed by atoms with E-state index in [1.807, 2.05) is 12.1 Å². The molecule has 0 unspecified atom stereocenters. The molecule has 0 heterocycles. The first kappa shape index (κ1) is 19.3. The second kappa shape index (κ2) is 8.88. The minimum atomic E-state index is -0.259. The Morgan fingerprint density at radius 2 is 1.60 bits per heavy atom. The average molecular weight is 378 g/mol. The number of carbonyl (C=O) groups excluding carboxylic acids is 1. The van der Waals surface area contributed by atoms with Crippen LogP contribution < -0.4 is 10.3 Å². The normalized spacial score (nSPS) is 11.3. The van der Waals surface area contributed by atoms with Crippen LogP contribution in [0.25, 0.3) is 0 Å². The zero-order valence-corrected chi connectivity index (χ0v) is 16.0. The van der Waals surface area contributed by atoms with E-state index < -0.39 is 0 Å². The second-order valence-electron chi connectivity index (χ2n) is 5.49. The highest BCUT2D eigenvalue weighted by Gasteiger charge is 2.08. The van der Waals surface area contributed by atoms with Gasteiger partial charge in [-0.1, -0.05) is 29.3 Å². The molecule has 2 aromatic carbocycles. The Morgan fingerprint density at radius 3 is 2.16 bits per heavy atom. The largest absolute Gasteiger partial charge is 0.372 e. The van der Waals surface area contributed by atoms with E-state index >= 15 is 0 Å². The molecule has 0 bridgehead atoms. The summed E-state index contributed by atoms with van der Waals surface area (Å²) in [5, 5.41) is 5.07. The van der Waals surface area contributed by atoms with Crippen molar-refractivity contribution in [1.82, 2.24) is 5.43 Å². The van der Waals surface area contributed by atoms with Crippen LogP contribution >= 0.6 is 23.2 Å². The van der Waals surface area contributed by atoms with E-state index in [-0.39, 0.29) is 5.91 Å². The molecule has 0 atom stereocenters. The van der Waals surface area contributed by atoms with Crippen LogP contribution in [0.3, 0.4) is 0 Å². The number of hydrogen-bond donors (Lipinski definition) is 1. The molecule has 4 nitrogen and oxygen atoms in total. The van der Waals surface area contributed by atoms with E-state index in [1.54, 1.807) is 37.3 Å². The number of halogens is 2. The number of hydrazone groups is 1. The molecule has 1 N–H and O–H groups in total. The second-order valence-corrected chi connectivity index (χ2v) is 6.30. The fraction of sp³-hybridized carbons (Fsp3) is 0.263. The summed E-state index contributed by atoms with van der Waals surface area (Å²) in [6.07, 6.45) is 0. The van der Waals surface area contributed by atoms with Gasteiger partial charge in [0.15, 0.2) is 0 Å². The molecular formula is C19H21Cl2N3O. The first-order valence-corrected chi connectivity index (χ1v) is 8.86. The summed E-state index contributed by atoms with van der Waals surface area (Å²) in [5.74, 6) is -0.259. The zero-order chi connectivity index (χ0) is 18.4. The Hall–Kier alpha value is -2.04. The van der Waals surface area contributed by atoms with Gasteiger partial charge >= 0.3 is 0 Å². The highest BCUT2D eigenvalue weighted by atomic mass is 35.5. The van der Waals surface area contributed by atoms with Crippen molar-refractivity contribution in [1.29, 1.82) is 0 Å². The summed E-state index contributed by atoms with van der Waals surface area (Å²) < 4.78 is 0. The molecule has 0 saturated carbocycles. The quantitative estimate of drug-likeness (QED) is 0.568. The van der Waals surface area contributed by atoms with Crippen LogP contribution in [-0.4, -0.2) is 24.7 Å². The molecule has 0 radical (unpaired) electrons. The molecule has 0 spiro atoms. The monoisotopic (exact) mass is 377 g/mol. The summed E-state index contributed by atoms with van der Waals surface area (Å²) >= 11 is 11.9. The van der Waals surface area contributed by atoms with Crippen molar-refractivity contribution in [2.75, 3.05) is 18.0 Å². The average Bonchev–Trinajstić information content (AvgIpc) is 2.63. The highest BCUT2D eigenvalue weighted by molar-refractivity contribution is 6.42. The van der Waals surface area contributed by atoms with Crippen LogP contribution in [0.15, 0.2) is 47.6 Å². The van der Waals surface area contributed by atoms with Gasteiger partial charge in [-0.05, 0) is 62.7 Å². The van der Waals surface area contributed by atoms with Crippen molar-refractivity contribution >= 4 is 40.5 Å². The van der Waals surface area contributed by atoms with Crippen LogP contribution in [0.1, 0.15) is 36.7 Å². The van der Waals surface area contributed by atoms with E-state index in [0.29, 0.717) is 21.3 Å². The van der Waals surface area contributed by atoms with Gasteiger partial charge < -0.3 is 4.90 Å². The van der Waals surface area contributed by atoms with Crippen LogP contribution in [0.5, 0.6) is 0 Å². The fourth-order valence-electron chi connectivity index (χ4n) is 2.40. The molecule has 2 aromatic rings. The number of hydrogen-bond acceptors (Lipinski definition) is 3. The van der Waals surface area contributed by atoms with Crippen molar-refractivity contribution in [2.24, 2.45) is 5.10 Å². The van der Waals surface area contributed by atoms with Gasteiger partial charge in [0.05, 0.1) is 15.8 Å². The van der Waals surface area contributed by atoms with Crippen LogP contribution in [-0.2, 0) is 0 Å². The number of carbonyl (C=O) groups is 1. The topological polar surface area (TPSA) is 44.7 Å². The van der Waals surface area contributed by atoms with Gasteiger partial charge in [0.25, 0.3) is 5.91 Å². The van der Waals surface area contributed by atoms with Gasteiger partial charge in [-0.2, -0.15) is 5.10 Å². The summed E-state index contributed by atoms with van der Waals surface area (Å²) in [5.41, 5.74) is 5.66. The van der Waals surface area contributed by atoms with Gasteiger partial charge in [-0.25, -0.2) is 5.43 Å². The molecule has 132 valence electrons. The lowest BCUT2D eigenvalue weighted by Gasteiger charge is -2.20. The third-order valence-electron chi connectivity index (χ3n) is 3.92. The molecule has 0 aliphatic carbocycles. The SMILES string of the molecule is CCN(CC)c1ccc(C(=O)N/N=C(\C)c2ccc(Cl)c(Cl)c2)cc1. The predicted molar refractivity (Wildman–Crippen MR) is 106 cm³/mol. The third kappa shape index (κ3) is 4.97. The van der Waals surface area contributed by atoms with Gasteiger partial charge in [-0.15, -0.1) is 0 Å². The highest BCUT2D eigenvalue weighted by Crippen LogP contribution is 2.22. The standard InChI is InChI=1S/C19H21Cl2N3O/c1-4-24(5-2)16-9-6-14(7-10-16)19(25)23-22-13(3)15-8-11-17(20)18(21)12-15/h6-12H,4-5H2,1-3H3,(H,23,25)/b22-13+. The van der Waals surface area contributed by atoms with Crippen molar-refractivity contribution < 1.29 is 4.79 Å². The maximum atomic E-state index is 12.2. The molecule has 0 aliphatic heterocycles. The summed E-state index contributed by atoms with van der Waals surface area (Å²) in [6, 6.07) is 12.7. The van der Waals surface area contributed by atoms with Gasteiger partial charge in [0, 0.05) is 24.3 Å². The molecular weight excluding hydrogens is 357 g/mol. The summed E-state index contributed by atoms with van der Waals surface area (Å²) in [4.78, 5) is 14.5. The van der Waals surface area contributed by atoms with E-state index in [2.05, 4.69) is 29.3 Å². The van der Waals surface area contributed by atoms with Crippen molar-refractivity contribution in [3.8, 4) is 0 Å². The summed E-state index contributed by atoms with van der Waals surface area (Å²) in [7, 11) is 0. The van der Waals surface area contributed by atoms with Crippen LogP contribution in [0, 0.1) is 0 Å². The molecule has 25 heavy (non-hydrogen) atoms. The molecule has 0 fully saturated rings. The number of nitrogens with zero attached hydrogens (tertiary/aromatic N) is 2. The third-order valence-corrected chi connectivity index (χ3v) is 4.66. The first-order chi connectivity index (χ1) is 12.0. The van der Waals surface area contributed by atoms with Crippen molar-refractivity contribution in [3.63, 3.8) is 0 Å². The Balaban J connectivity index is 2.07. The Morgan fingerprint density at radius 1 is 1.00 bits per heavy atom. The Kier molecular flexibility index (Phi) is 6.85. The van der Waals surface area contributed by atoms with Gasteiger partial charge in [0.2, 0.25) is 0 Å². The summed E-state index contributed by atoms with van der Waals surface area (Å²) in [6.45, 7) is 7.85. The minimum Gasteiger partial charge on any atom is -0.372 e. The number of nitrogens with one attached hydrogen (secondary N) is 1. The molecule has 0 aliphatic rings. The van der Waals surface area contributed by atoms with Gasteiger partial charge in [0.1, 0.15) is 0 Å². The Bertz CT molecular complexity index is 769. The molecule has 0 aromatic heterocycles. The Labute approximate surface area is 158 Å². The first-order valence-electron chi connectivity index (χ1n) is 8.11. The van der Waals surface area contributed by atoms with Crippen molar-refractivity contribution in [2.45, 2.75) is 20.8 Å². The zero-order valence-electron chi connectivity index (χ0n) is 14.5. The van der Waals surface area contributed by atoms with E-state index in [9.17, 15) is 4.79 Å². The van der Waals surface area contributed by atoms with E-state index in [4.69, 9.17) is 23.2 Å². The smallest absolute Gasteiger partial charge is 0.271 e. The molecule has 0 saturated heterocycles. The van der Waals surface area contributed by atoms with E-state index in [1.165, 1.54) is 0 Å². The molecule has 2 rings (SSSR count).